The van der Waals surface area contributed by atoms with E-state index in [0.717, 1.165) is 16.2 Å². The van der Waals surface area contributed by atoms with E-state index in [1.807, 2.05) is 6.92 Å². The molecule has 0 saturated heterocycles. The van der Waals surface area contributed by atoms with Crippen LogP contribution in [0.5, 0.6) is 0 Å². The van der Waals surface area contributed by atoms with Crippen molar-refractivity contribution in [2.24, 2.45) is 0 Å². The number of nitrogens with zero attached hydrogens (tertiary/aromatic N) is 3. The molecule has 1 amide bonds. The van der Waals surface area contributed by atoms with Crippen LogP contribution in [0.25, 0.3) is 0 Å². The SMILES string of the molecule is C.CCCOCCOCC(=O)Nc1ccc(CC(CN(CCN(CC(=O)[O-])CC(=O)O)CC(=O)O)N(CC(=O)[O-])CC(=O)[O-])cc1. The first-order chi connectivity index (χ1) is 21.3. The van der Waals surface area contributed by atoms with Gasteiger partial charge in [0.2, 0.25) is 5.91 Å². The highest BCUT2D eigenvalue weighted by Crippen LogP contribution is 2.15. The molecule has 0 aliphatic heterocycles. The normalized spacial score (nSPS) is 11.7. The van der Waals surface area contributed by atoms with Gasteiger partial charge in [-0.1, -0.05) is 26.5 Å². The standard InChI is InChI=1S/C28H42N4O13.CH4/c1-2-9-44-10-11-45-19-23(33)29-21-5-3-20(4-6-21)12-22(32(17-27(40)41)18-28(42)43)13-30(14-24(34)35)7-8-31(15-25(36)37)16-26(38)39;/h3-6,22H,2,7-19H2,1H3,(H,29,33)(H,34,35)(H,36,37)(H,38,39)(H,40,41)(H,42,43);1H4/p-3. The number of benzene rings is 1. The van der Waals surface area contributed by atoms with Gasteiger partial charge in [-0.15, -0.1) is 0 Å². The van der Waals surface area contributed by atoms with Crippen LogP contribution in [0.2, 0.25) is 0 Å². The molecule has 0 aromatic heterocycles. The van der Waals surface area contributed by atoms with Crippen molar-refractivity contribution in [3.05, 3.63) is 29.8 Å². The number of carbonyl (C=O) groups is 6. The van der Waals surface area contributed by atoms with Crippen molar-refractivity contribution >= 4 is 41.4 Å². The van der Waals surface area contributed by atoms with Gasteiger partial charge in [-0.2, -0.15) is 0 Å². The first kappa shape index (κ1) is 41.8. The number of carbonyl (C=O) groups excluding carboxylic acids is 4. The molecule has 17 nitrogen and oxygen atoms in total. The van der Waals surface area contributed by atoms with E-state index in [0.29, 0.717) is 24.5 Å². The minimum atomic E-state index is -1.59. The Hall–Kier alpha value is -4.16. The van der Waals surface area contributed by atoms with Crippen molar-refractivity contribution in [3.63, 3.8) is 0 Å². The van der Waals surface area contributed by atoms with Crippen molar-refractivity contribution in [2.75, 3.05) is 84.1 Å². The van der Waals surface area contributed by atoms with Crippen molar-refractivity contribution < 1.29 is 63.8 Å². The zero-order valence-corrected chi connectivity index (χ0v) is 25.0. The fourth-order valence-corrected chi connectivity index (χ4v) is 4.27. The molecule has 1 aromatic carbocycles. The smallest absolute Gasteiger partial charge is 0.317 e. The van der Waals surface area contributed by atoms with Gasteiger partial charge < -0.3 is 54.7 Å². The molecule has 1 atom stereocenters. The number of carboxylic acid groups (broad SMARTS) is 5. The Labute approximate surface area is 267 Å². The zero-order valence-electron chi connectivity index (χ0n) is 25.0. The van der Waals surface area contributed by atoms with Gasteiger partial charge in [0, 0.05) is 57.6 Å². The number of carboxylic acids is 5. The maximum Gasteiger partial charge on any atom is 0.317 e. The average molecular weight is 656 g/mol. The van der Waals surface area contributed by atoms with E-state index in [4.69, 9.17) is 14.6 Å². The summed E-state index contributed by atoms with van der Waals surface area (Å²) in [5, 5.41) is 55.2. The summed E-state index contributed by atoms with van der Waals surface area (Å²) in [5.74, 6) is -7.75. The van der Waals surface area contributed by atoms with Crippen molar-refractivity contribution in [1.29, 1.82) is 0 Å². The molecule has 3 N–H and O–H groups in total. The Balaban J connectivity index is 0.0000202. The van der Waals surface area contributed by atoms with Crippen molar-refractivity contribution in [2.45, 2.75) is 33.2 Å². The molecule has 1 aromatic rings. The predicted octanol–water partition coefficient (Wildman–Crippen LogP) is -4.06. The molecule has 0 bridgehead atoms. The van der Waals surface area contributed by atoms with Gasteiger partial charge >= 0.3 is 11.9 Å². The van der Waals surface area contributed by atoms with Crippen LogP contribution in [0.4, 0.5) is 5.69 Å². The highest BCUT2D eigenvalue weighted by Gasteiger charge is 2.24. The first-order valence-electron chi connectivity index (χ1n) is 14.0. The van der Waals surface area contributed by atoms with Gasteiger partial charge in [-0.05, 0) is 30.5 Å². The van der Waals surface area contributed by atoms with Crippen LogP contribution >= 0.6 is 0 Å². The number of hydrogen-bond acceptors (Lipinski definition) is 14. The van der Waals surface area contributed by atoms with Crippen LogP contribution in [0.1, 0.15) is 26.3 Å². The number of rotatable bonds is 26. The van der Waals surface area contributed by atoms with Gasteiger partial charge in [0.15, 0.2) is 0 Å². The van der Waals surface area contributed by atoms with E-state index < -0.39 is 74.5 Å². The first-order valence-corrected chi connectivity index (χ1v) is 14.0. The molecule has 46 heavy (non-hydrogen) atoms. The summed E-state index contributed by atoms with van der Waals surface area (Å²) in [7, 11) is 0. The minimum absolute atomic E-state index is 0. The van der Waals surface area contributed by atoms with E-state index >= 15 is 0 Å². The van der Waals surface area contributed by atoms with Crippen molar-refractivity contribution in [3.8, 4) is 0 Å². The Bertz CT molecular complexity index is 1080. The summed E-state index contributed by atoms with van der Waals surface area (Å²) >= 11 is 0. The lowest BCUT2D eigenvalue weighted by atomic mass is 10.0. The molecule has 0 aliphatic rings. The number of hydrogen-bond donors (Lipinski definition) is 3. The molecule has 17 heteroatoms. The van der Waals surface area contributed by atoms with E-state index in [2.05, 4.69) is 5.32 Å². The molecule has 0 radical (unpaired) electrons. The zero-order chi connectivity index (χ0) is 33.8. The lowest BCUT2D eigenvalue weighted by molar-refractivity contribution is -0.311. The molecule has 0 heterocycles. The fraction of sp³-hybridized carbons (Fsp3) is 0.586. The van der Waals surface area contributed by atoms with Gasteiger partial charge in [0.05, 0.1) is 44.2 Å². The maximum absolute atomic E-state index is 12.2. The Morgan fingerprint density at radius 2 is 1.28 bits per heavy atom. The lowest BCUT2D eigenvalue weighted by Crippen LogP contribution is -2.54. The maximum atomic E-state index is 12.2. The predicted molar refractivity (Wildman–Crippen MR) is 156 cm³/mol. The number of ether oxygens (including phenoxy) is 2. The minimum Gasteiger partial charge on any atom is -0.549 e. The number of nitrogens with one attached hydrogen (secondary N) is 1. The van der Waals surface area contributed by atoms with Gasteiger partial charge in [-0.3, -0.25) is 29.1 Å². The molecular weight excluding hydrogens is 612 g/mol. The largest absolute Gasteiger partial charge is 0.549 e. The third-order valence-corrected chi connectivity index (χ3v) is 6.12. The summed E-state index contributed by atoms with van der Waals surface area (Å²) < 4.78 is 10.5. The second kappa shape index (κ2) is 23.2. The molecule has 0 spiro atoms. The topological polar surface area (TPSA) is 252 Å². The number of aliphatic carboxylic acids is 5. The quantitative estimate of drug-likeness (QED) is 0.0803. The molecule has 260 valence electrons. The van der Waals surface area contributed by atoms with Crippen LogP contribution in [0.15, 0.2) is 24.3 Å². The monoisotopic (exact) mass is 655 g/mol. The van der Waals surface area contributed by atoms with Crippen LogP contribution < -0.4 is 20.6 Å². The summed E-state index contributed by atoms with van der Waals surface area (Å²) in [6, 6.07) is 5.41. The fourth-order valence-electron chi connectivity index (χ4n) is 4.27. The van der Waals surface area contributed by atoms with Gasteiger partial charge in [0.25, 0.3) is 0 Å². The summed E-state index contributed by atoms with van der Waals surface area (Å²) in [6.45, 7) is -1.28. The Kier molecular flexibility index (Phi) is 21.1. The second-order valence-electron chi connectivity index (χ2n) is 10.0. The summed E-state index contributed by atoms with van der Waals surface area (Å²) in [5.41, 5.74) is 0.996. The molecule has 0 fully saturated rings. The Morgan fingerprint density at radius 3 is 1.80 bits per heavy atom. The van der Waals surface area contributed by atoms with E-state index in [1.54, 1.807) is 24.3 Å². The number of anilines is 1. The highest BCUT2D eigenvalue weighted by atomic mass is 16.5. The molecule has 1 unspecified atom stereocenters. The Morgan fingerprint density at radius 1 is 0.761 bits per heavy atom. The number of amides is 1. The molecule has 0 saturated carbocycles. The summed E-state index contributed by atoms with van der Waals surface area (Å²) in [4.78, 5) is 72.2. The lowest BCUT2D eigenvalue weighted by Gasteiger charge is -2.36. The molecular formula is C29H43N4O13-3. The second-order valence-corrected chi connectivity index (χ2v) is 10.0. The average Bonchev–Trinajstić information content (AvgIpc) is 2.92. The van der Waals surface area contributed by atoms with Gasteiger partial charge in [-0.25, -0.2) is 0 Å². The van der Waals surface area contributed by atoms with E-state index in [1.165, 1.54) is 4.90 Å². The summed E-state index contributed by atoms with van der Waals surface area (Å²) in [6.07, 6.45) is 0.882. The highest BCUT2D eigenvalue weighted by molar-refractivity contribution is 5.91. The third kappa shape index (κ3) is 20.0. The van der Waals surface area contributed by atoms with Crippen LogP contribution in [-0.4, -0.2) is 145 Å². The molecule has 0 aliphatic carbocycles. The van der Waals surface area contributed by atoms with Crippen LogP contribution in [0.3, 0.4) is 0 Å². The van der Waals surface area contributed by atoms with E-state index in [9.17, 15) is 49.2 Å². The molecule has 1 rings (SSSR count). The van der Waals surface area contributed by atoms with Gasteiger partial charge in [0.1, 0.15) is 6.61 Å². The van der Waals surface area contributed by atoms with Crippen LogP contribution in [-0.2, 0) is 44.7 Å². The third-order valence-electron chi connectivity index (χ3n) is 6.12. The van der Waals surface area contributed by atoms with Crippen molar-refractivity contribution in [1.82, 2.24) is 14.7 Å². The van der Waals surface area contributed by atoms with Crippen LogP contribution in [0, 0.1) is 0 Å². The van der Waals surface area contributed by atoms with E-state index in [-0.39, 0.29) is 46.7 Å².